The van der Waals surface area contributed by atoms with Crippen LogP contribution in [-0.2, 0) is 10.0 Å². The van der Waals surface area contributed by atoms with E-state index in [-0.39, 0.29) is 22.9 Å². The van der Waals surface area contributed by atoms with Crippen LogP contribution in [0.2, 0.25) is 0 Å². The van der Waals surface area contributed by atoms with Gasteiger partial charge < -0.3 is 10.4 Å². The molecule has 138 valence electrons. The van der Waals surface area contributed by atoms with Gasteiger partial charge in [-0.05, 0) is 62.1 Å². The lowest BCUT2D eigenvalue weighted by molar-refractivity contribution is 0.0867. The summed E-state index contributed by atoms with van der Waals surface area (Å²) in [4.78, 5) is 12.4. The number of rotatable bonds is 5. The van der Waals surface area contributed by atoms with Crippen molar-refractivity contribution in [2.75, 3.05) is 4.72 Å². The van der Waals surface area contributed by atoms with Gasteiger partial charge in [-0.3, -0.25) is 9.52 Å². The van der Waals surface area contributed by atoms with Crippen molar-refractivity contribution in [1.29, 1.82) is 0 Å². The number of hydrogen-bond acceptors (Lipinski definition) is 4. The predicted molar refractivity (Wildman–Crippen MR) is 99.4 cm³/mol. The molecule has 0 radical (unpaired) electrons. The third-order valence-corrected chi connectivity index (χ3v) is 5.88. The van der Waals surface area contributed by atoms with Gasteiger partial charge in [0.2, 0.25) is 0 Å². The first-order chi connectivity index (χ1) is 12.4. The number of para-hydroxylation sites is 1. The van der Waals surface area contributed by atoms with Gasteiger partial charge in [0, 0.05) is 17.3 Å². The van der Waals surface area contributed by atoms with Crippen LogP contribution in [0.3, 0.4) is 0 Å². The second kappa shape index (κ2) is 7.88. The van der Waals surface area contributed by atoms with Crippen molar-refractivity contribution < 1.29 is 18.3 Å². The third-order valence-electron chi connectivity index (χ3n) is 4.48. The fourth-order valence-electron chi connectivity index (χ4n) is 2.99. The molecule has 0 saturated heterocycles. The maximum atomic E-state index is 12.4. The van der Waals surface area contributed by atoms with E-state index >= 15 is 0 Å². The predicted octanol–water partition coefficient (Wildman–Crippen LogP) is 2.52. The van der Waals surface area contributed by atoms with Crippen molar-refractivity contribution in [1.82, 2.24) is 5.32 Å². The van der Waals surface area contributed by atoms with Crippen LogP contribution in [0.5, 0.6) is 0 Å². The van der Waals surface area contributed by atoms with Gasteiger partial charge in [0.25, 0.3) is 15.9 Å². The zero-order valence-corrected chi connectivity index (χ0v) is 15.1. The first kappa shape index (κ1) is 18.4. The summed E-state index contributed by atoms with van der Waals surface area (Å²) in [6.07, 6.45) is 2.60. The molecule has 0 unspecified atom stereocenters. The molecule has 26 heavy (non-hydrogen) atoms. The third kappa shape index (κ3) is 4.62. The Morgan fingerprint density at radius 1 is 0.923 bits per heavy atom. The zero-order valence-electron chi connectivity index (χ0n) is 14.3. The summed E-state index contributed by atoms with van der Waals surface area (Å²) in [5.41, 5.74) is 0.892. The Morgan fingerprint density at radius 2 is 1.54 bits per heavy atom. The number of anilines is 1. The molecule has 1 fully saturated rings. The molecule has 6 nitrogen and oxygen atoms in total. The molecule has 0 bridgehead atoms. The smallest absolute Gasteiger partial charge is 0.261 e. The lowest BCUT2D eigenvalue weighted by atomic mass is 9.93. The molecule has 3 rings (SSSR count). The minimum absolute atomic E-state index is 0.0501. The summed E-state index contributed by atoms with van der Waals surface area (Å²) in [5, 5.41) is 12.5. The van der Waals surface area contributed by atoms with Gasteiger partial charge in [-0.15, -0.1) is 0 Å². The van der Waals surface area contributed by atoms with Gasteiger partial charge in [0.1, 0.15) is 0 Å². The Balaban J connectivity index is 1.65. The van der Waals surface area contributed by atoms with Crippen LogP contribution in [-0.4, -0.2) is 31.6 Å². The minimum Gasteiger partial charge on any atom is -0.393 e. The summed E-state index contributed by atoms with van der Waals surface area (Å²) >= 11 is 0. The molecule has 1 aliphatic carbocycles. The number of carbonyl (C=O) groups excluding carboxylic acids is 1. The average Bonchev–Trinajstić information content (AvgIpc) is 2.64. The molecule has 2 aromatic rings. The fraction of sp³-hybridized carbons (Fsp3) is 0.316. The number of benzene rings is 2. The van der Waals surface area contributed by atoms with E-state index in [1.807, 2.05) is 0 Å². The lowest BCUT2D eigenvalue weighted by Crippen LogP contribution is -2.38. The normalized spacial score (nSPS) is 20.3. The highest BCUT2D eigenvalue weighted by Gasteiger charge is 2.21. The highest BCUT2D eigenvalue weighted by molar-refractivity contribution is 7.92. The number of aliphatic hydroxyl groups excluding tert-OH is 1. The molecule has 1 amide bonds. The minimum atomic E-state index is -3.70. The standard InChI is InChI=1S/C19H22N2O4S/c22-17-10-8-15(9-11-17)20-19(23)14-6-12-18(13-7-14)26(24,25)21-16-4-2-1-3-5-16/h1-7,12-13,15,17,21-22H,8-11H2,(H,20,23). The maximum Gasteiger partial charge on any atom is 0.261 e. The van der Waals surface area contributed by atoms with E-state index in [2.05, 4.69) is 10.0 Å². The van der Waals surface area contributed by atoms with Gasteiger partial charge in [-0.2, -0.15) is 0 Å². The topological polar surface area (TPSA) is 95.5 Å². The second-order valence-electron chi connectivity index (χ2n) is 6.47. The van der Waals surface area contributed by atoms with Crippen molar-refractivity contribution in [3.8, 4) is 0 Å². The summed E-state index contributed by atoms with van der Waals surface area (Å²) in [7, 11) is -3.70. The van der Waals surface area contributed by atoms with Gasteiger partial charge in [0.05, 0.1) is 11.0 Å². The van der Waals surface area contributed by atoms with Crippen LogP contribution in [0.4, 0.5) is 5.69 Å². The molecule has 7 heteroatoms. The van der Waals surface area contributed by atoms with E-state index in [1.54, 1.807) is 30.3 Å². The molecular formula is C19H22N2O4S. The van der Waals surface area contributed by atoms with Crippen molar-refractivity contribution in [3.63, 3.8) is 0 Å². The molecule has 0 aromatic heterocycles. The molecular weight excluding hydrogens is 352 g/mol. The zero-order chi connectivity index (χ0) is 18.6. The number of nitrogens with one attached hydrogen (secondary N) is 2. The fourth-order valence-corrected chi connectivity index (χ4v) is 4.05. The summed E-state index contributed by atoms with van der Waals surface area (Å²) in [5.74, 6) is -0.230. The maximum absolute atomic E-state index is 12.4. The van der Waals surface area contributed by atoms with Gasteiger partial charge >= 0.3 is 0 Å². The van der Waals surface area contributed by atoms with Crippen LogP contribution >= 0.6 is 0 Å². The molecule has 0 spiro atoms. The Hall–Kier alpha value is -2.38. The van der Waals surface area contributed by atoms with E-state index in [0.29, 0.717) is 24.1 Å². The monoisotopic (exact) mass is 374 g/mol. The Labute approximate surface area is 153 Å². The highest BCUT2D eigenvalue weighted by Crippen LogP contribution is 2.20. The van der Waals surface area contributed by atoms with Crippen molar-refractivity contribution in [2.24, 2.45) is 0 Å². The van der Waals surface area contributed by atoms with Crippen LogP contribution < -0.4 is 10.0 Å². The lowest BCUT2D eigenvalue weighted by Gasteiger charge is -2.26. The summed E-state index contributed by atoms with van der Waals surface area (Å²) in [6.45, 7) is 0. The molecule has 0 aliphatic heterocycles. The summed E-state index contributed by atoms with van der Waals surface area (Å²) < 4.78 is 27.3. The number of hydrogen-bond donors (Lipinski definition) is 3. The van der Waals surface area contributed by atoms with E-state index in [0.717, 1.165) is 12.8 Å². The quantitative estimate of drug-likeness (QED) is 0.749. The van der Waals surface area contributed by atoms with Crippen LogP contribution in [0.25, 0.3) is 0 Å². The van der Waals surface area contributed by atoms with E-state index < -0.39 is 10.0 Å². The number of amides is 1. The molecule has 2 aromatic carbocycles. The van der Waals surface area contributed by atoms with Crippen LogP contribution in [0, 0.1) is 0 Å². The van der Waals surface area contributed by atoms with Crippen molar-refractivity contribution >= 4 is 21.6 Å². The van der Waals surface area contributed by atoms with E-state index in [4.69, 9.17) is 0 Å². The molecule has 1 aliphatic rings. The Bertz CT molecular complexity index is 843. The molecule has 0 heterocycles. The second-order valence-corrected chi connectivity index (χ2v) is 8.16. The first-order valence-corrected chi connectivity index (χ1v) is 10.1. The number of carbonyl (C=O) groups is 1. The van der Waals surface area contributed by atoms with Gasteiger partial charge in [0.15, 0.2) is 0 Å². The molecule has 1 saturated carbocycles. The molecule has 0 atom stereocenters. The number of aliphatic hydroxyl groups is 1. The van der Waals surface area contributed by atoms with Crippen molar-refractivity contribution in [2.45, 2.75) is 42.7 Å². The summed E-state index contributed by atoms with van der Waals surface area (Å²) in [6, 6.07) is 14.5. The van der Waals surface area contributed by atoms with E-state index in [1.165, 1.54) is 24.3 Å². The van der Waals surface area contributed by atoms with Crippen molar-refractivity contribution in [3.05, 3.63) is 60.2 Å². The first-order valence-electron chi connectivity index (χ1n) is 8.61. The Kier molecular flexibility index (Phi) is 5.58. The van der Waals surface area contributed by atoms with Crippen LogP contribution in [0.1, 0.15) is 36.0 Å². The van der Waals surface area contributed by atoms with Gasteiger partial charge in [-0.25, -0.2) is 8.42 Å². The Morgan fingerprint density at radius 3 is 2.15 bits per heavy atom. The number of sulfonamides is 1. The van der Waals surface area contributed by atoms with Gasteiger partial charge in [-0.1, -0.05) is 18.2 Å². The van der Waals surface area contributed by atoms with Crippen LogP contribution in [0.15, 0.2) is 59.5 Å². The average molecular weight is 374 g/mol. The SMILES string of the molecule is O=C(NC1CCC(O)CC1)c1ccc(S(=O)(=O)Nc2ccccc2)cc1. The highest BCUT2D eigenvalue weighted by atomic mass is 32.2. The van der Waals surface area contributed by atoms with E-state index in [9.17, 15) is 18.3 Å². The molecule has 3 N–H and O–H groups in total. The largest absolute Gasteiger partial charge is 0.393 e.